The van der Waals surface area contributed by atoms with Crippen LogP contribution in [0.2, 0.25) is 0 Å². The maximum atomic E-state index is 11.0. The van der Waals surface area contributed by atoms with Crippen molar-refractivity contribution in [2.24, 2.45) is 0 Å². The topological polar surface area (TPSA) is 29.1 Å². The zero-order valence-corrected chi connectivity index (χ0v) is 7.26. The SMILES string of the molecule is C=C/C=C1/CC(=O)NC/C1=C/C. The van der Waals surface area contributed by atoms with Crippen LogP contribution in [0.3, 0.4) is 0 Å². The lowest BCUT2D eigenvalue weighted by atomic mass is 9.98. The number of piperidine rings is 1. The van der Waals surface area contributed by atoms with Crippen molar-refractivity contribution in [2.45, 2.75) is 13.3 Å². The van der Waals surface area contributed by atoms with E-state index in [0.717, 1.165) is 5.57 Å². The molecule has 0 aromatic heterocycles. The lowest BCUT2D eigenvalue weighted by molar-refractivity contribution is -0.120. The normalized spacial score (nSPS) is 24.2. The second-order valence-electron chi connectivity index (χ2n) is 2.70. The average Bonchev–Trinajstić information content (AvgIpc) is 2.05. The van der Waals surface area contributed by atoms with Gasteiger partial charge in [-0.05, 0) is 18.1 Å². The van der Waals surface area contributed by atoms with E-state index < -0.39 is 0 Å². The predicted molar refractivity (Wildman–Crippen MR) is 49.7 cm³/mol. The minimum atomic E-state index is 0.0914. The van der Waals surface area contributed by atoms with Crippen LogP contribution in [0.25, 0.3) is 0 Å². The fourth-order valence-corrected chi connectivity index (χ4v) is 1.25. The van der Waals surface area contributed by atoms with Gasteiger partial charge in [0.1, 0.15) is 0 Å². The molecule has 0 aromatic rings. The van der Waals surface area contributed by atoms with E-state index in [4.69, 9.17) is 0 Å². The van der Waals surface area contributed by atoms with Crippen molar-refractivity contribution in [3.63, 3.8) is 0 Å². The molecule has 2 heteroatoms. The standard InChI is InChI=1S/C10H13NO/c1-3-5-9-6-10(12)11-7-8(9)4-2/h3-5H,1,6-7H2,2H3,(H,11,12)/b8-4-,9-5-. The molecule has 0 unspecified atom stereocenters. The number of carbonyl (C=O) groups is 1. The van der Waals surface area contributed by atoms with Crippen LogP contribution >= 0.6 is 0 Å². The first-order valence-electron chi connectivity index (χ1n) is 4.01. The van der Waals surface area contributed by atoms with E-state index >= 15 is 0 Å². The van der Waals surface area contributed by atoms with Crippen LogP contribution in [0.1, 0.15) is 13.3 Å². The third-order valence-electron chi connectivity index (χ3n) is 1.91. The van der Waals surface area contributed by atoms with Crippen molar-refractivity contribution in [1.29, 1.82) is 0 Å². The molecule has 1 aliphatic rings. The fraction of sp³-hybridized carbons (Fsp3) is 0.300. The molecule has 0 aromatic carbocycles. The second-order valence-corrected chi connectivity index (χ2v) is 2.70. The summed E-state index contributed by atoms with van der Waals surface area (Å²) in [7, 11) is 0. The van der Waals surface area contributed by atoms with Crippen molar-refractivity contribution < 1.29 is 4.79 Å². The molecular formula is C10H13NO. The summed E-state index contributed by atoms with van der Waals surface area (Å²) in [5, 5.41) is 2.79. The molecule has 1 heterocycles. The van der Waals surface area contributed by atoms with E-state index in [-0.39, 0.29) is 5.91 Å². The van der Waals surface area contributed by atoms with Gasteiger partial charge in [0, 0.05) is 6.54 Å². The Morgan fingerprint density at radius 1 is 1.50 bits per heavy atom. The first-order chi connectivity index (χ1) is 5.77. The summed E-state index contributed by atoms with van der Waals surface area (Å²) in [5.74, 6) is 0.0914. The highest BCUT2D eigenvalue weighted by Gasteiger charge is 2.15. The van der Waals surface area contributed by atoms with E-state index in [2.05, 4.69) is 11.9 Å². The smallest absolute Gasteiger partial charge is 0.224 e. The Hall–Kier alpha value is -1.31. The number of nitrogens with one attached hydrogen (secondary N) is 1. The molecule has 0 aliphatic carbocycles. The molecule has 1 fully saturated rings. The molecule has 1 aliphatic heterocycles. The molecule has 1 saturated heterocycles. The highest BCUT2D eigenvalue weighted by Crippen LogP contribution is 2.17. The van der Waals surface area contributed by atoms with Gasteiger partial charge in [0.05, 0.1) is 6.42 Å². The Labute approximate surface area is 72.7 Å². The van der Waals surface area contributed by atoms with E-state index in [9.17, 15) is 4.79 Å². The van der Waals surface area contributed by atoms with Crippen LogP contribution < -0.4 is 5.32 Å². The largest absolute Gasteiger partial charge is 0.352 e. The lowest BCUT2D eigenvalue weighted by Gasteiger charge is -2.18. The first kappa shape index (κ1) is 8.78. The Bertz CT molecular complexity index is 261. The minimum absolute atomic E-state index is 0.0914. The molecule has 0 spiro atoms. The van der Waals surface area contributed by atoms with Gasteiger partial charge >= 0.3 is 0 Å². The summed E-state index contributed by atoms with van der Waals surface area (Å²) in [6.45, 7) is 6.24. The molecular weight excluding hydrogens is 150 g/mol. The summed E-state index contributed by atoms with van der Waals surface area (Å²) in [6, 6.07) is 0. The quantitative estimate of drug-likeness (QED) is 0.624. The minimum Gasteiger partial charge on any atom is -0.352 e. The van der Waals surface area contributed by atoms with E-state index in [1.807, 2.05) is 19.1 Å². The van der Waals surface area contributed by atoms with Gasteiger partial charge in [0.2, 0.25) is 5.91 Å². The van der Waals surface area contributed by atoms with Gasteiger partial charge in [0.15, 0.2) is 0 Å². The molecule has 1 amide bonds. The van der Waals surface area contributed by atoms with Gasteiger partial charge in [-0.25, -0.2) is 0 Å². The molecule has 1 rings (SSSR count). The number of allylic oxidation sites excluding steroid dienone is 3. The van der Waals surface area contributed by atoms with Crippen LogP contribution in [0.15, 0.2) is 36.0 Å². The van der Waals surface area contributed by atoms with E-state index in [1.165, 1.54) is 5.57 Å². The molecule has 0 saturated carbocycles. The number of carbonyl (C=O) groups excluding carboxylic acids is 1. The molecule has 64 valence electrons. The summed E-state index contributed by atoms with van der Waals surface area (Å²) in [5.41, 5.74) is 2.27. The Morgan fingerprint density at radius 3 is 2.83 bits per heavy atom. The summed E-state index contributed by atoms with van der Waals surface area (Å²) in [4.78, 5) is 11.0. The van der Waals surface area contributed by atoms with Crippen LogP contribution in [0.4, 0.5) is 0 Å². The predicted octanol–water partition coefficient (Wildman–Crippen LogP) is 1.56. The zero-order chi connectivity index (χ0) is 8.97. The molecule has 1 N–H and O–H groups in total. The Balaban J connectivity index is 2.85. The molecule has 0 radical (unpaired) electrons. The van der Waals surface area contributed by atoms with Crippen LogP contribution in [0, 0.1) is 0 Å². The van der Waals surface area contributed by atoms with Crippen molar-refractivity contribution in [3.05, 3.63) is 36.0 Å². The van der Waals surface area contributed by atoms with E-state index in [0.29, 0.717) is 13.0 Å². The number of amides is 1. The zero-order valence-electron chi connectivity index (χ0n) is 7.26. The highest BCUT2D eigenvalue weighted by molar-refractivity contribution is 5.82. The first-order valence-corrected chi connectivity index (χ1v) is 4.01. The van der Waals surface area contributed by atoms with Gasteiger partial charge < -0.3 is 5.32 Å². The molecule has 12 heavy (non-hydrogen) atoms. The molecule has 0 atom stereocenters. The summed E-state index contributed by atoms with van der Waals surface area (Å²) < 4.78 is 0. The molecule has 0 bridgehead atoms. The van der Waals surface area contributed by atoms with Crippen molar-refractivity contribution in [3.8, 4) is 0 Å². The Morgan fingerprint density at radius 2 is 2.25 bits per heavy atom. The summed E-state index contributed by atoms with van der Waals surface area (Å²) in [6.07, 6.45) is 6.12. The van der Waals surface area contributed by atoms with Crippen LogP contribution in [-0.4, -0.2) is 12.5 Å². The number of hydrogen-bond donors (Lipinski definition) is 1. The van der Waals surface area contributed by atoms with Crippen LogP contribution in [-0.2, 0) is 4.79 Å². The van der Waals surface area contributed by atoms with Gasteiger partial charge in [-0.3, -0.25) is 4.79 Å². The van der Waals surface area contributed by atoms with Crippen molar-refractivity contribution in [2.75, 3.05) is 6.54 Å². The lowest BCUT2D eigenvalue weighted by Crippen LogP contribution is -2.31. The third-order valence-corrected chi connectivity index (χ3v) is 1.91. The van der Waals surface area contributed by atoms with Gasteiger partial charge in [-0.15, -0.1) is 0 Å². The maximum Gasteiger partial charge on any atom is 0.224 e. The maximum absolute atomic E-state index is 11.0. The Kier molecular flexibility index (Phi) is 2.86. The second kappa shape index (κ2) is 3.90. The van der Waals surface area contributed by atoms with Gasteiger partial charge in [-0.1, -0.05) is 24.8 Å². The monoisotopic (exact) mass is 163 g/mol. The molecule has 2 nitrogen and oxygen atoms in total. The number of hydrogen-bond acceptors (Lipinski definition) is 1. The highest BCUT2D eigenvalue weighted by atomic mass is 16.1. The van der Waals surface area contributed by atoms with Gasteiger partial charge in [-0.2, -0.15) is 0 Å². The van der Waals surface area contributed by atoms with Gasteiger partial charge in [0.25, 0.3) is 0 Å². The third kappa shape index (κ3) is 1.84. The van der Waals surface area contributed by atoms with Crippen molar-refractivity contribution >= 4 is 5.91 Å². The fourth-order valence-electron chi connectivity index (χ4n) is 1.25. The van der Waals surface area contributed by atoms with E-state index in [1.54, 1.807) is 6.08 Å². The van der Waals surface area contributed by atoms with Crippen LogP contribution in [0.5, 0.6) is 0 Å². The number of rotatable bonds is 1. The van der Waals surface area contributed by atoms with Crippen molar-refractivity contribution in [1.82, 2.24) is 5.32 Å². The average molecular weight is 163 g/mol. The summed E-state index contributed by atoms with van der Waals surface area (Å²) >= 11 is 0.